The lowest BCUT2D eigenvalue weighted by atomic mass is 10.3. The van der Waals surface area contributed by atoms with Gasteiger partial charge in [0.05, 0.1) is 11.2 Å². The van der Waals surface area contributed by atoms with Crippen LogP contribution in [0.15, 0.2) is 6.20 Å². The molecule has 1 aromatic rings. The third-order valence-corrected chi connectivity index (χ3v) is 2.60. The molecule has 17 heavy (non-hydrogen) atoms. The van der Waals surface area contributed by atoms with E-state index < -0.39 is 18.4 Å². The van der Waals surface area contributed by atoms with Crippen molar-refractivity contribution in [3.05, 3.63) is 22.7 Å². The predicted octanol–water partition coefficient (Wildman–Crippen LogP) is 0.822. The highest BCUT2D eigenvalue weighted by Gasteiger charge is 2.28. The number of rotatable bonds is 4. The Labute approximate surface area is 102 Å². The van der Waals surface area contributed by atoms with Crippen molar-refractivity contribution >= 4 is 23.5 Å². The zero-order valence-corrected chi connectivity index (χ0v) is 9.57. The lowest BCUT2D eigenvalue weighted by molar-refractivity contribution is -0.135. The zero-order chi connectivity index (χ0) is 12.4. The van der Waals surface area contributed by atoms with E-state index in [-0.39, 0.29) is 10.7 Å². The molecule has 1 aliphatic rings. The number of aromatic nitrogens is 2. The van der Waals surface area contributed by atoms with Crippen molar-refractivity contribution in [2.24, 2.45) is 0 Å². The zero-order valence-electron chi connectivity index (χ0n) is 8.81. The Balaban J connectivity index is 2.15. The average molecular weight is 256 g/mol. The van der Waals surface area contributed by atoms with Crippen LogP contribution in [0.3, 0.4) is 0 Å². The van der Waals surface area contributed by atoms with Crippen molar-refractivity contribution in [2.75, 3.05) is 6.54 Å². The topological polar surface area (TPSA) is 92.2 Å². The largest absolute Gasteiger partial charge is 0.480 e. The molecular formula is C10H10ClN3O3. The minimum atomic E-state index is -1.12. The molecule has 0 radical (unpaired) electrons. The summed E-state index contributed by atoms with van der Waals surface area (Å²) in [6.45, 7) is -0.460. The van der Waals surface area contributed by atoms with Gasteiger partial charge in [-0.05, 0) is 12.8 Å². The number of halogens is 1. The normalized spacial score (nSPS) is 14.4. The highest BCUT2D eigenvalue weighted by atomic mass is 35.5. The first-order chi connectivity index (χ1) is 8.08. The quantitative estimate of drug-likeness (QED) is 0.831. The number of aliphatic carboxylic acids is 1. The van der Waals surface area contributed by atoms with E-state index in [0.717, 1.165) is 12.8 Å². The lowest BCUT2D eigenvalue weighted by Gasteiger charge is -2.05. The van der Waals surface area contributed by atoms with Crippen molar-refractivity contribution in [1.82, 2.24) is 15.3 Å². The number of hydrogen-bond donors (Lipinski definition) is 2. The summed E-state index contributed by atoms with van der Waals surface area (Å²) >= 11 is 5.80. The van der Waals surface area contributed by atoms with Gasteiger partial charge in [0, 0.05) is 5.92 Å². The predicted molar refractivity (Wildman–Crippen MR) is 59.0 cm³/mol. The molecule has 0 bridgehead atoms. The molecule has 1 heterocycles. The molecule has 2 rings (SSSR count). The van der Waals surface area contributed by atoms with Gasteiger partial charge < -0.3 is 10.4 Å². The van der Waals surface area contributed by atoms with E-state index in [9.17, 15) is 9.59 Å². The summed E-state index contributed by atoms with van der Waals surface area (Å²) in [5.74, 6) is -0.819. The maximum Gasteiger partial charge on any atom is 0.322 e. The van der Waals surface area contributed by atoms with Gasteiger partial charge in [-0.25, -0.2) is 9.97 Å². The Morgan fingerprint density at radius 3 is 2.82 bits per heavy atom. The Morgan fingerprint density at radius 1 is 1.53 bits per heavy atom. The molecule has 1 amide bonds. The standard InChI is InChI=1S/C10H10ClN3O3/c11-6-3-12-9(5-1-2-5)14-8(6)10(17)13-4-7(15)16/h3,5H,1-2,4H2,(H,13,17)(H,15,16). The van der Waals surface area contributed by atoms with Crippen LogP contribution in [0.1, 0.15) is 35.1 Å². The van der Waals surface area contributed by atoms with Gasteiger partial charge in [-0.2, -0.15) is 0 Å². The number of amides is 1. The second-order valence-corrected chi connectivity index (χ2v) is 4.18. The van der Waals surface area contributed by atoms with E-state index in [1.54, 1.807) is 0 Å². The summed E-state index contributed by atoms with van der Waals surface area (Å²) in [5.41, 5.74) is 0.0322. The van der Waals surface area contributed by atoms with Crippen molar-refractivity contribution in [3.63, 3.8) is 0 Å². The molecule has 2 N–H and O–H groups in total. The molecule has 7 heteroatoms. The molecule has 6 nitrogen and oxygen atoms in total. The Morgan fingerprint density at radius 2 is 2.24 bits per heavy atom. The van der Waals surface area contributed by atoms with Crippen LogP contribution in [0.25, 0.3) is 0 Å². The van der Waals surface area contributed by atoms with Gasteiger partial charge >= 0.3 is 5.97 Å². The van der Waals surface area contributed by atoms with Gasteiger partial charge in [0.25, 0.3) is 5.91 Å². The van der Waals surface area contributed by atoms with E-state index in [1.165, 1.54) is 6.20 Å². The minimum absolute atomic E-state index is 0.0322. The fraction of sp³-hybridized carbons (Fsp3) is 0.400. The van der Waals surface area contributed by atoms with Gasteiger partial charge in [-0.3, -0.25) is 9.59 Å². The van der Waals surface area contributed by atoms with E-state index in [1.807, 2.05) is 0 Å². The third-order valence-electron chi connectivity index (χ3n) is 2.32. The molecule has 0 unspecified atom stereocenters. The molecular weight excluding hydrogens is 246 g/mol. The molecule has 0 aromatic carbocycles. The fourth-order valence-electron chi connectivity index (χ4n) is 1.32. The van der Waals surface area contributed by atoms with E-state index >= 15 is 0 Å². The van der Waals surface area contributed by atoms with Gasteiger partial charge in [0.2, 0.25) is 0 Å². The van der Waals surface area contributed by atoms with Crippen LogP contribution in [0.5, 0.6) is 0 Å². The smallest absolute Gasteiger partial charge is 0.322 e. The number of carboxylic acid groups (broad SMARTS) is 1. The summed E-state index contributed by atoms with van der Waals surface area (Å²) in [7, 11) is 0. The first-order valence-electron chi connectivity index (χ1n) is 5.10. The molecule has 1 saturated carbocycles. The second-order valence-electron chi connectivity index (χ2n) is 3.78. The summed E-state index contributed by atoms with van der Waals surface area (Å²) < 4.78 is 0. The number of hydrogen-bond acceptors (Lipinski definition) is 4. The summed E-state index contributed by atoms with van der Waals surface area (Å²) in [5, 5.41) is 10.8. The maximum absolute atomic E-state index is 11.6. The van der Waals surface area contributed by atoms with E-state index in [0.29, 0.717) is 11.7 Å². The SMILES string of the molecule is O=C(O)CNC(=O)c1nc(C2CC2)ncc1Cl. The summed E-state index contributed by atoms with van der Waals surface area (Å²) in [6, 6.07) is 0. The molecule has 1 fully saturated rings. The van der Waals surface area contributed by atoms with Crippen LogP contribution < -0.4 is 5.32 Å². The molecule has 1 aromatic heterocycles. The van der Waals surface area contributed by atoms with Crippen LogP contribution in [0, 0.1) is 0 Å². The maximum atomic E-state index is 11.6. The Bertz CT molecular complexity index is 474. The number of carboxylic acids is 1. The van der Waals surface area contributed by atoms with Gasteiger partial charge in [-0.1, -0.05) is 11.6 Å². The number of nitrogens with one attached hydrogen (secondary N) is 1. The molecule has 1 aliphatic carbocycles. The van der Waals surface area contributed by atoms with E-state index in [4.69, 9.17) is 16.7 Å². The van der Waals surface area contributed by atoms with Gasteiger partial charge in [-0.15, -0.1) is 0 Å². The number of carbonyl (C=O) groups is 2. The molecule has 90 valence electrons. The minimum Gasteiger partial charge on any atom is -0.480 e. The third kappa shape index (κ3) is 2.91. The van der Waals surface area contributed by atoms with Gasteiger partial charge in [0.15, 0.2) is 0 Å². The van der Waals surface area contributed by atoms with Crippen molar-refractivity contribution in [3.8, 4) is 0 Å². The summed E-state index contributed by atoms with van der Waals surface area (Å²) in [6.07, 6.45) is 3.40. The first-order valence-corrected chi connectivity index (χ1v) is 5.48. The highest BCUT2D eigenvalue weighted by Crippen LogP contribution is 2.38. The number of carbonyl (C=O) groups excluding carboxylic acids is 1. The van der Waals surface area contributed by atoms with Crippen molar-refractivity contribution in [1.29, 1.82) is 0 Å². The van der Waals surface area contributed by atoms with Crippen LogP contribution in [0.2, 0.25) is 5.02 Å². The monoisotopic (exact) mass is 255 g/mol. The molecule has 0 aliphatic heterocycles. The summed E-state index contributed by atoms with van der Waals surface area (Å²) in [4.78, 5) is 30.0. The van der Waals surface area contributed by atoms with Crippen LogP contribution in [-0.4, -0.2) is 33.5 Å². The van der Waals surface area contributed by atoms with Crippen molar-refractivity contribution in [2.45, 2.75) is 18.8 Å². The van der Waals surface area contributed by atoms with E-state index in [2.05, 4.69) is 15.3 Å². The van der Waals surface area contributed by atoms with Crippen molar-refractivity contribution < 1.29 is 14.7 Å². The fourth-order valence-corrected chi connectivity index (χ4v) is 1.49. The van der Waals surface area contributed by atoms with Crippen LogP contribution in [0.4, 0.5) is 0 Å². The Kier molecular flexibility index (Phi) is 3.23. The Hall–Kier alpha value is -1.69. The van der Waals surface area contributed by atoms with Gasteiger partial charge in [0.1, 0.15) is 18.1 Å². The highest BCUT2D eigenvalue weighted by molar-refractivity contribution is 6.33. The first kappa shape index (κ1) is 11.8. The molecule has 0 spiro atoms. The molecule has 0 saturated heterocycles. The van der Waals surface area contributed by atoms with Crippen LogP contribution >= 0.6 is 11.6 Å². The molecule has 0 atom stereocenters. The van der Waals surface area contributed by atoms with Crippen LogP contribution in [-0.2, 0) is 4.79 Å². The number of nitrogens with zero attached hydrogens (tertiary/aromatic N) is 2. The lowest BCUT2D eigenvalue weighted by Crippen LogP contribution is -2.30. The average Bonchev–Trinajstić information content (AvgIpc) is 3.10. The second kappa shape index (κ2) is 4.67.